The Morgan fingerprint density at radius 2 is 1.58 bits per heavy atom. The van der Waals surface area contributed by atoms with Crippen LogP contribution in [0.5, 0.6) is 0 Å². The molecule has 3 rings (SSSR count). The lowest BCUT2D eigenvalue weighted by molar-refractivity contribution is -0.136. The summed E-state index contributed by atoms with van der Waals surface area (Å²) in [5.41, 5.74) is 0. The summed E-state index contributed by atoms with van der Waals surface area (Å²) in [5.74, 6) is 0.808. The number of carbonyl (C=O) groups is 2. The van der Waals surface area contributed by atoms with Crippen LogP contribution in [0.15, 0.2) is 0 Å². The lowest BCUT2D eigenvalue weighted by Gasteiger charge is -2.42. The molecule has 0 aromatic rings. The fraction of sp³-hybridized carbons (Fsp3) is 0.895. The van der Waals surface area contributed by atoms with E-state index in [9.17, 15) is 9.59 Å². The van der Waals surface area contributed by atoms with Crippen molar-refractivity contribution in [3.8, 4) is 0 Å². The number of urea groups is 1. The first-order valence-corrected chi connectivity index (χ1v) is 9.90. The van der Waals surface area contributed by atoms with Gasteiger partial charge in [-0.15, -0.1) is 0 Å². The van der Waals surface area contributed by atoms with Crippen molar-refractivity contribution in [3.63, 3.8) is 0 Å². The highest BCUT2D eigenvalue weighted by Gasteiger charge is 2.34. The summed E-state index contributed by atoms with van der Waals surface area (Å²) >= 11 is 0. The smallest absolute Gasteiger partial charge is 0.317 e. The molecular formula is C19H33N3O2. The number of rotatable bonds is 3. The second kappa shape index (κ2) is 7.75. The Bertz CT molecular complexity index is 464. The molecule has 0 bridgehead atoms. The SMILES string of the molecule is CC(=O)N(C1CCC1)[C@@H]1CCCN(C(=O)N[C@H]2CCC[C@H]2C)CC1. The number of nitrogens with zero attached hydrogens (tertiary/aromatic N) is 2. The number of carbonyl (C=O) groups excluding carboxylic acids is 2. The minimum Gasteiger partial charge on any atom is -0.337 e. The number of hydrogen-bond acceptors (Lipinski definition) is 2. The van der Waals surface area contributed by atoms with Crippen LogP contribution in [0.4, 0.5) is 4.79 Å². The van der Waals surface area contributed by atoms with Crippen LogP contribution >= 0.6 is 0 Å². The van der Waals surface area contributed by atoms with Crippen LogP contribution < -0.4 is 5.32 Å². The molecule has 1 saturated heterocycles. The van der Waals surface area contributed by atoms with Gasteiger partial charge in [-0.3, -0.25) is 4.79 Å². The van der Waals surface area contributed by atoms with Crippen LogP contribution in [-0.4, -0.2) is 53.0 Å². The van der Waals surface area contributed by atoms with Crippen molar-refractivity contribution in [1.29, 1.82) is 0 Å². The zero-order valence-corrected chi connectivity index (χ0v) is 15.3. The first kappa shape index (κ1) is 17.6. The molecule has 1 heterocycles. The van der Waals surface area contributed by atoms with E-state index in [0.29, 0.717) is 24.0 Å². The van der Waals surface area contributed by atoms with E-state index in [2.05, 4.69) is 17.1 Å². The highest BCUT2D eigenvalue weighted by atomic mass is 16.2. The summed E-state index contributed by atoms with van der Waals surface area (Å²) in [4.78, 5) is 28.8. The molecule has 3 atom stereocenters. The minimum absolute atomic E-state index is 0.104. The molecule has 0 spiro atoms. The molecule has 2 aliphatic carbocycles. The van der Waals surface area contributed by atoms with Gasteiger partial charge in [0.25, 0.3) is 0 Å². The molecule has 1 N–H and O–H groups in total. The van der Waals surface area contributed by atoms with Gasteiger partial charge in [-0.25, -0.2) is 4.79 Å². The van der Waals surface area contributed by atoms with E-state index in [1.54, 1.807) is 6.92 Å². The standard InChI is InChI=1S/C19H33N3O2/c1-14-6-3-10-18(14)20-19(24)21-12-5-9-17(11-13-21)22(15(2)23)16-7-4-8-16/h14,16-18H,3-13H2,1-2H3,(H,20,24)/t14-,17-,18+/m1/s1. The summed E-state index contributed by atoms with van der Waals surface area (Å²) in [5, 5.41) is 3.24. The van der Waals surface area contributed by atoms with E-state index >= 15 is 0 Å². The molecule has 136 valence electrons. The topological polar surface area (TPSA) is 52.7 Å². The molecular weight excluding hydrogens is 302 g/mol. The molecule has 3 amide bonds. The third-order valence-electron chi connectivity index (χ3n) is 6.38. The minimum atomic E-state index is 0.104. The fourth-order valence-corrected chi connectivity index (χ4v) is 4.65. The highest BCUT2D eigenvalue weighted by molar-refractivity contribution is 5.75. The molecule has 3 fully saturated rings. The Labute approximate surface area is 146 Å². The molecule has 24 heavy (non-hydrogen) atoms. The maximum atomic E-state index is 12.6. The van der Waals surface area contributed by atoms with Crippen molar-refractivity contribution in [2.45, 2.75) is 89.8 Å². The second-order valence-corrected chi connectivity index (χ2v) is 8.05. The van der Waals surface area contributed by atoms with Crippen LogP contribution in [0.25, 0.3) is 0 Å². The third kappa shape index (κ3) is 3.86. The number of likely N-dealkylation sites (tertiary alicyclic amines) is 1. The van der Waals surface area contributed by atoms with Gasteiger partial charge in [-0.1, -0.05) is 13.3 Å². The van der Waals surface area contributed by atoms with Gasteiger partial charge in [0.1, 0.15) is 0 Å². The fourth-order valence-electron chi connectivity index (χ4n) is 4.65. The van der Waals surface area contributed by atoms with Gasteiger partial charge in [0.2, 0.25) is 5.91 Å². The number of amides is 3. The van der Waals surface area contributed by atoms with Crippen molar-refractivity contribution in [2.24, 2.45) is 5.92 Å². The van der Waals surface area contributed by atoms with Crippen molar-refractivity contribution in [3.05, 3.63) is 0 Å². The van der Waals surface area contributed by atoms with Gasteiger partial charge in [0, 0.05) is 38.1 Å². The second-order valence-electron chi connectivity index (χ2n) is 8.05. The van der Waals surface area contributed by atoms with Crippen LogP contribution in [0, 0.1) is 5.92 Å². The van der Waals surface area contributed by atoms with Crippen LogP contribution in [0.3, 0.4) is 0 Å². The molecule has 0 radical (unpaired) electrons. The summed E-state index contributed by atoms with van der Waals surface area (Å²) < 4.78 is 0. The van der Waals surface area contributed by atoms with E-state index in [1.807, 2.05) is 4.90 Å². The summed E-state index contributed by atoms with van der Waals surface area (Å²) in [7, 11) is 0. The van der Waals surface area contributed by atoms with Gasteiger partial charge in [0.15, 0.2) is 0 Å². The quantitative estimate of drug-likeness (QED) is 0.861. The average molecular weight is 335 g/mol. The largest absolute Gasteiger partial charge is 0.337 e. The molecule has 3 aliphatic rings. The predicted molar refractivity (Wildman–Crippen MR) is 94.7 cm³/mol. The summed E-state index contributed by atoms with van der Waals surface area (Å²) in [6.45, 7) is 5.53. The Kier molecular flexibility index (Phi) is 5.67. The van der Waals surface area contributed by atoms with Gasteiger partial charge >= 0.3 is 6.03 Å². The van der Waals surface area contributed by atoms with Gasteiger partial charge in [-0.2, -0.15) is 0 Å². The molecule has 2 saturated carbocycles. The summed E-state index contributed by atoms with van der Waals surface area (Å²) in [6, 6.07) is 1.22. The van der Waals surface area contributed by atoms with Crippen LogP contribution in [0.2, 0.25) is 0 Å². The van der Waals surface area contributed by atoms with Gasteiger partial charge < -0.3 is 15.1 Å². The van der Waals surface area contributed by atoms with E-state index in [1.165, 1.54) is 19.3 Å². The van der Waals surface area contributed by atoms with Crippen molar-refractivity contribution >= 4 is 11.9 Å². The number of hydrogen-bond donors (Lipinski definition) is 1. The van der Waals surface area contributed by atoms with Crippen LogP contribution in [-0.2, 0) is 4.79 Å². The van der Waals surface area contributed by atoms with E-state index in [-0.39, 0.29) is 11.9 Å². The van der Waals surface area contributed by atoms with Gasteiger partial charge in [0.05, 0.1) is 0 Å². The molecule has 0 aromatic carbocycles. The van der Waals surface area contributed by atoms with Crippen molar-refractivity contribution < 1.29 is 9.59 Å². The molecule has 0 unspecified atom stereocenters. The Balaban J connectivity index is 1.54. The first-order chi connectivity index (χ1) is 11.6. The summed E-state index contributed by atoms with van der Waals surface area (Å²) in [6.07, 6.45) is 10.1. The molecule has 1 aliphatic heterocycles. The van der Waals surface area contributed by atoms with E-state index < -0.39 is 0 Å². The third-order valence-corrected chi connectivity index (χ3v) is 6.38. The molecule has 5 heteroatoms. The Morgan fingerprint density at radius 3 is 2.17 bits per heavy atom. The Morgan fingerprint density at radius 1 is 0.917 bits per heavy atom. The van der Waals surface area contributed by atoms with Crippen LogP contribution in [0.1, 0.15) is 71.6 Å². The Hall–Kier alpha value is -1.26. The zero-order valence-electron chi connectivity index (χ0n) is 15.3. The lowest BCUT2D eigenvalue weighted by atomic mass is 9.89. The van der Waals surface area contributed by atoms with E-state index in [4.69, 9.17) is 0 Å². The van der Waals surface area contributed by atoms with E-state index in [0.717, 1.165) is 51.6 Å². The number of nitrogens with one attached hydrogen (secondary N) is 1. The molecule has 5 nitrogen and oxygen atoms in total. The zero-order chi connectivity index (χ0) is 17.1. The molecule has 0 aromatic heterocycles. The van der Waals surface area contributed by atoms with Crippen molar-refractivity contribution in [1.82, 2.24) is 15.1 Å². The van der Waals surface area contributed by atoms with Gasteiger partial charge in [-0.05, 0) is 57.3 Å². The normalized spacial score (nSPS) is 31.2. The van der Waals surface area contributed by atoms with Crippen molar-refractivity contribution in [2.75, 3.05) is 13.1 Å². The maximum absolute atomic E-state index is 12.6. The lowest BCUT2D eigenvalue weighted by Crippen LogP contribution is -2.50. The predicted octanol–water partition coefficient (Wildman–Crippen LogP) is 3.14. The first-order valence-electron chi connectivity index (χ1n) is 9.90. The maximum Gasteiger partial charge on any atom is 0.317 e. The monoisotopic (exact) mass is 335 g/mol. The average Bonchev–Trinajstić information content (AvgIpc) is 2.75. The highest BCUT2D eigenvalue weighted by Crippen LogP contribution is 2.30.